The Morgan fingerprint density at radius 2 is 1.59 bits per heavy atom. The molecule has 2 N–H and O–H groups in total. The lowest BCUT2D eigenvalue weighted by Gasteiger charge is -2.20. The lowest BCUT2D eigenvalue weighted by atomic mass is 10.2. The highest BCUT2D eigenvalue weighted by Crippen LogP contribution is 2.38. The highest BCUT2D eigenvalue weighted by atomic mass is 127. The summed E-state index contributed by atoms with van der Waals surface area (Å²) < 4.78 is 16.2. The fourth-order valence-corrected chi connectivity index (χ4v) is 3.51. The summed E-state index contributed by atoms with van der Waals surface area (Å²) in [6, 6.07) is 3.89. The van der Waals surface area contributed by atoms with Crippen LogP contribution in [0, 0.1) is 0 Å². The quantitative estimate of drug-likeness (QED) is 0.226. The van der Waals surface area contributed by atoms with E-state index in [4.69, 9.17) is 14.2 Å². The van der Waals surface area contributed by atoms with E-state index < -0.39 is 0 Å². The van der Waals surface area contributed by atoms with E-state index in [-0.39, 0.29) is 24.0 Å². The number of nitrogens with one attached hydrogen (secondary N) is 2. The molecule has 0 spiro atoms. The normalized spacial score (nSPS) is 15.1. The van der Waals surface area contributed by atoms with Gasteiger partial charge in [0.2, 0.25) is 5.75 Å². The van der Waals surface area contributed by atoms with Crippen molar-refractivity contribution in [2.75, 3.05) is 54.6 Å². The van der Waals surface area contributed by atoms with Gasteiger partial charge in [-0.3, -0.25) is 4.99 Å². The highest BCUT2D eigenvalue weighted by molar-refractivity contribution is 14.0. The number of hydrogen-bond donors (Lipinski definition) is 2. The number of benzene rings is 1. The van der Waals surface area contributed by atoms with Gasteiger partial charge in [0.15, 0.2) is 17.5 Å². The van der Waals surface area contributed by atoms with E-state index >= 15 is 0 Å². The Balaban J connectivity index is 0.00000420. The average Bonchev–Trinajstić information content (AvgIpc) is 3.01. The number of methoxy groups -OCH3 is 3. The molecule has 0 amide bonds. The summed E-state index contributed by atoms with van der Waals surface area (Å²) in [6.45, 7) is 5.16. The summed E-state index contributed by atoms with van der Waals surface area (Å²) >= 11 is 0. The second kappa shape index (κ2) is 14.5. The standard InChI is InChI=1S/C21H36N4O3.HI/c1-22-21(23-10-9-13-25-11-7-5-6-8-12-25)24-16-17-14-18(26-2)20(28-4)19(15-17)27-3;/h14-15H,5-13,16H2,1-4H3,(H2,22,23,24);1H. The number of nitrogens with zero attached hydrogens (tertiary/aromatic N) is 2. The van der Waals surface area contributed by atoms with Crippen molar-refractivity contribution in [2.45, 2.75) is 38.6 Å². The first-order valence-electron chi connectivity index (χ1n) is 10.2. The van der Waals surface area contributed by atoms with Gasteiger partial charge in [-0.2, -0.15) is 0 Å². The molecule has 29 heavy (non-hydrogen) atoms. The summed E-state index contributed by atoms with van der Waals surface area (Å²) in [4.78, 5) is 6.90. The molecule has 1 aromatic rings. The number of halogens is 1. The predicted octanol–water partition coefficient (Wildman–Crippen LogP) is 3.26. The Morgan fingerprint density at radius 3 is 2.10 bits per heavy atom. The summed E-state index contributed by atoms with van der Waals surface area (Å²) in [5, 5.41) is 6.75. The number of guanidine groups is 1. The van der Waals surface area contributed by atoms with Gasteiger partial charge in [-0.1, -0.05) is 12.8 Å². The minimum absolute atomic E-state index is 0. The van der Waals surface area contributed by atoms with Gasteiger partial charge in [-0.05, 0) is 56.6 Å². The summed E-state index contributed by atoms with van der Waals surface area (Å²) in [5.74, 6) is 2.70. The van der Waals surface area contributed by atoms with Crippen LogP contribution in [0.25, 0.3) is 0 Å². The SMILES string of the molecule is CN=C(NCCCN1CCCCCC1)NCc1cc(OC)c(OC)c(OC)c1.I. The summed E-state index contributed by atoms with van der Waals surface area (Å²) in [7, 11) is 6.65. The maximum atomic E-state index is 5.42. The Morgan fingerprint density at radius 1 is 0.966 bits per heavy atom. The van der Waals surface area contributed by atoms with Gasteiger partial charge in [0.1, 0.15) is 0 Å². The first-order chi connectivity index (χ1) is 13.7. The molecular weight excluding hydrogens is 483 g/mol. The third kappa shape index (κ3) is 8.46. The topological polar surface area (TPSA) is 67.4 Å². The van der Waals surface area contributed by atoms with Crippen LogP contribution in [0.3, 0.4) is 0 Å². The molecule has 1 heterocycles. The third-order valence-electron chi connectivity index (χ3n) is 5.05. The molecule has 1 aliphatic heterocycles. The Kier molecular flexibility index (Phi) is 12.8. The van der Waals surface area contributed by atoms with E-state index in [0.29, 0.717) is 23.8 Å². The monoisotopic (exact) mass is 520 g/mol. The Bertz CT molecular complexity index is 595. The van der Waals surface area contributed by atoms with Crippen molar-refractivity contribution in [2.24, 2.45) is 4.99 Å². The molecule has 0 radical (unpaired) electrons. The lowest BCUT2D eigenvalue weighted by molar-refractivity contribution is 0.282. The van der Waals surface area contributed by atoms with Crippen LogP contribution in [0.5, 0.6) is 17.2 Å². The Hall–Kier alpha value is -1.42. The maximum Gasteiger partial charge on any atom is 0.203 e. The number of likely N-dealkylation sites (tertiary alicyclic amines) is 1. The van der Waals surface area contributed by atoms with Crippen molar-refractivity contribution in [1.82, 2.24) is 15.5 Å². The van der Waals surface area contributed by atoms with Crippen molar-refractivity contribution in [3.63, 3.8) is 0 Å². The van der Waals surface area contributed by atoms with Crippen LogP contribution < -0.4 is 24.8 Å². The largest absolute Gasteiger partial charge is 0.493 e. The van der Waals surface area contributed by atoms with Crippen LogP contribution >= 0.6 is 24.0 Å². The zero-order chi connectivity index (χ0) is 20.2. The molecule has 0 aromatic heterocycles. The van der Waals surface area contributed by atoms with E-state index in [0.717, 1.165) is 31.0 Å². The molecule has 1 aliphatic rings. The molecule has 0 saturated carbocycles. The van der Waals surface area contributed by atoms with Gasteiger partial charge in [-0.15, -0.1) is 24.0 Å². The minimum Gasteiger partial charge on any atom is -0.493 e. The number of aliphatic imine (C=N–C) groups is 1. The zero-order valence-electron chi connectivity index (χ0n) is 18.3. The van der Waals surface area contributed by atoms with E-state index in [9.17, 15) is 0 Å². The molecule has 0 atom stereocenters. The van der Waals surface area contributed by atoms with Crippen molar-refractivity contribution < 1.29 is 14.2 Å². The van der Waals surface area contributed by atoms with E-state index in [2.05, 4.69) is 20.5 Å². The molecule has 8 heteroatoms. The van der Waals surface area contributed by atoms with Crippen LogP contribution in [0.15, 0.2) is 17.1 Å². The zero-order valence-corrected chi connectivity index (χ0v) is 20.6. The second-order valence-electron chi connectivity index (χ2n) is 7.00. The fraction of sp³-hybridized carbons (Fsp3) is 0.667. The molecule has 0 bridgehead atoms. The van der Waals surface area contributed by atoms with Crippen molar-refractivity contribution >= 4 is 29.9 Å². The van der Waals surface area contributed by atoms with Gasteiger partial charge in [0, 0.05) is 20.1 Å². The molecule has 7 nitrogen and oxygen atoms in total. The van der Waals surface area contributed by atoms with Gasteiger partial charge in [0.25, 0.3) is 0 Å². The predicted molar refractivity (Wildman–Crippen MR) is 129 cm³/mol. The van der Waals surface area contributed by atoms with Crippen molar-refractivity contribution in [3.8, 4) is 17.2 Å². The first kappa shape index (κ1) is 25.6. The van der Waals surface area contributed by atoms with Gasteiger partial charge >= 0.3 is 0 Å². The van der Waals surface area contributed by atoms with E-state index in [1.807, 2.05) is 12.1 Å². The molecule has 1 saturated heterocycles. The average molecular weight is 520 g/mol. The molecule has 0 aliphatic carbocycles. The van der Waals surface area contributed by atoms with Crippen molar-refractivity contribution in [3.05, 3.63) is 17.7 Å². The molecule has 2 rings (SSSR count). The van der Waals surface area contributed by atoms with Crippen LogP contribution in [0.4, 0.5) is 0 Å². The molecular formula is C21H37IN4O3. The van der Waals surface area contributed by atoms with Gasteiger partial charge < -0.3 is 29.7 Å². The van der Waals surface area contributed by atoms with Crippen LogP contribution in [-0.2, 0) is 6.54 Å². The van der Waals surface area contributed by atoms with E-state index in [1.54, 1.807) is 28.4 Å². The minimum atomic E-state index is 0. The highest BCUT2D eigenvalue weighted by Gasteiger charge is 2.13. The smallest absolute Gasteiger partial charge is 0.203 e. The van der Waals surface area contributed by atoms with Gasteiger partial charge in [0.05, 0.1) is 21.3 Å². The van der Waals surface area contributed by atoms with Crippen LogP contribution in [0.1, 0.15) is 37.7 Å². The molecule has 1 fully saturated rings. The maximum absolute atomic E-state index is 5.42. The first-order valence-corrected chi connectivity index (χ1v) is 10.2. The summed E-state index contributed by atoms with van der Waals surface area (Å²) in [5.41, 5.74) is 1.03. The summed E-state index contributed by atoms with van der Waals surface area (Å²) in [6.07, 6.45) is 6.56. The van der Waals surface area contributed by atoms with Gasteiger partial charge in [-0.25, -0.2) is 0 Å². The molecule has 166 valence electrons. The number of rotatable bonds is 9. The molecule has 1 aromatic carbocycles. The Labute approximate surface area is 192 Å². The second-order valence-corrected chi connectivity index (χ2v) is 7.00. The number of ether oxygens (including phenoxy) is 3. The lowest BCUT2D eigenvalue weighted by Crippen LogP contribution is -2.38. The molecule has 0 unspecified atom stereocenters. The van der Waals surface area contributed by atoms with Crippen LogP contribution in [-0.4, -0.2) is 65.4 Å². The fourth-order valence-electron chi connectivity index (χ4n) is 3.51. The van der Waals surface area contributed by atoms with Crippen molar-refractivity contribution in [1.29, 1.82) is 0 Å². The van der Waals surface area contributed by atoms with Crippen LogP contribution in [0.2, 0.25) is 0 Å². The number of hydrogen-bond acceptors (Lipinski definition) is 5. The third-order valence-corrected chi connectivity index (χ3v) is 5.05. The van der Waals surface area contributed by atoms with E-state index in [1.165, 1.54) is 38.8 Å².